The zero-order valence-electron chi connectivity index (χ0n) is 6.44. The SMILES string of the molecule is CC#CC1([O])CCCCC1. The van der Waals surface area contributed by atoms with Crippen molar-refractivity contribution in [3.05, 3.63) is 0 Å². The summed E-state index contributed by atoms with van der Waals surface area (Å²) in [5, 5.41) is 11.5. The molecule has 55 valence electrons. The molecule has 1 heteroatoms. The van der Waals surface area contributed by atoms with Gasteiger partial charge in [-0.3, -0.25) is 0 Å². The van der Waals surface area contributed by atoms with Crippen molar-refractivity contribution in [1.29, 1.82) is 0 Å². The Morgan fingerprint density at radius 2 is 1.80 bits per heavy atom. The number of hydrogen-bond donors (Lipinski definition) is 0. The molecule has 0 amide bonds. The van der Waals surface area contributed by atoms with E-state index in [-0.39, 0.29) is 0 Å². The molecule has 0 bridgehead atoms. The van der Waals surface area contributed by atoms with Gasteiger partial charge >= 0.3 is 0 Å². The molecule has 0 saturated heterocycles. The van der Waals surface area contributed by atoms with E-state index in [0.29, 0.717) is 0 Å². The van der Waals surface area contributed by atoms with Gasteiger partial charge in [-0.15, -0.1) is 5.92 Å². The summed E-state index contributed by atoms with van der Waals surface area (Å²) in [6, 6.07) is 0. The van der Waals surface area contributed by atoms with Gasteiger partial charge in [0.1, 0.15) is 0 Å². The summed E-state index contributed by atoms with van der Waals surface area (Å²) in [6.45, 7) is 1.74. The first kappa shape index (κ1) is 7.63. The van der Waals surface area contributed by atoms with Crippen LogP contribution in [0.5, 0.6) is 0 Å². The Morgan fingerprint density at radius 1 is 1.20 bits per heavy atom. The molecule has 1 aliphatic rings. The molecule has 0 aliphatic heterocycles. The van der Waals surface area contributed by atoms with E-state index in [1.54, 1.807) is 6.92 Å². The van der Waals surface area contributed by atoms with E-state index in [1.807, 2.05) is 0 Å². The van der Waals surface area contributed by atoms with Gasteiger partial charge in [-0.25, -0.2) is 5.11 Å². The van der Waals surface area contributed by atoms with E-state index in [4.69, 9.17) is 0 Å². The fraction of sp³-hybridized carbons (Fsp3) is 0.778. The second kappa shape index (κ2) is 3.07. The normalized spacial score (nSPS) is 23.0. The van der Waals surface area contributed by atoms with Gasteiger partial charge in [0.05, 0.1) is 0 Å². The Hall–Kier alpha value is -0.480. The topological polar surface area (TPSA) is 19.9 Å². The van der Waals surface area contributed by atoms with Crippen LogP contribution in [0.25, 0.3) is 0 Å². The molecule has 0 aromatic carbocycles. The molecule has 0 spiro atoms. The summed E-state index contributed by atoms with van der Waals surface area (Å²) < 4.78 is 0. The summed E-state index contributed by atoms with van der Waals surface area (Å²) in [5.41, 5.74) is -0.882. The van der Waals surface area contributed by atoms with Gasteiger partial charge in [-0.05, 0) is 32.6 Å². The first-order valence-corrected chi connectivity index (χ1v) is 3.91. The Balaban J connectivity index is 2.53. The monoisotopic (exact) mass is 137 g/mol. The van der Waals surface area contributed by atoms with Crippen molar-refractivity contribution >= 4 is 0 Å². The van der Waals surface area contributed by atoms with E-state index >= 15 is 0 Å². The predicted octanol–water partition coefficient (Wildman–Crippen LogP) is 2.14. The lowest BCUT2D eigenvalue weighted by Crippen LogP contribution is -2.27. The molecule has 1 saturated carbocycles. The zero-order chi connectivity index (χ0) is 7.45. The summed E-state index contributed by atoms with van der Waals surface area (Å²) in [6.07, 6.45) is 4.87. The Morgan fingerprint density at radius 3 is 2.30 bits per heavy atom. The predicted molar refractivity (Wildman–Crippen MR) is 40.0 cm³/mol. The number of hydrogen-bond acceptors (Lipinski definition) is 0. The van der Waals surface area contributed by atoms with E-state index < -0.39 is 5.60 Å². The van der Waals surface area contributed by atoms with Gasteiger partial charge in [0.25, 0.3) is 0 Å². The molecule has 1 radical (unpaired) electrons. The molecular weight excluding hydrogens is 124 g/mol. The van der Waals surface area contributed by atoms with Crippen molar-refractivity contribution in [3.63, 3.8) is 0 Å². The average Bonchev–Trinajstić information content (AvgIpc) is 1.89. The van der Waals surface area contributed by atoms with Gasteiger partial charge in [-0.2, -0.15) is 0 Å². The van der Waals surface area contributed by atoms with Gasteiger partial charge in [0, 0.05) is 0 Å². The summed E-state index contributed by atoms with van der Waals surface area (Å²) >= 11 is 0. The van der Waals surface area contributed by atoms with Crippen molar-refractivity contribution in [1.82, 2.24) is 0 Å². The van der Waals surface area contributed by atoms with Crippen LogP contribution in [0.15, 0.2) is 0 Å². The van der Waals surface area contributed by atoms with Crippen LogP contribution in [0, 0.1) is 11.8 Å². The van der Waals surface area contributed by atoms with Crippen LogP contribution in [0.3, 0.4) is 0 Å². The molecule has 0 atom stereocenters. The van der Waals surface area contributed by atoms with Crippen LogP contribution in [-0.2, 0) is 5.11 Å². The van der Waals surface area contributed by atoms with Gasteiger partial charge in [-0.1, -0.05) is 12.3 Å². The van der Waals surface area contributed by atoms with Crippen LogP contribution >= 0.6 is 0 Å². The molecule has 10 heavy (non-hydrogen) atoms. The smallest absolute Gasteiger partial charge is 0.163 e. The first-order chi connectivity index (χ1) is 4.77. The standard InChI is InChI=1S/C9H13O/c1-2-6-9(10)7-4-3-5-8-9/h3-5,7-8H2,1H3. The lowest BCUT2D eigenvalue weighted by molar-refractivity contribution is -0.00728. The van der Waals surface area contributed by atoms with Crippen LogP contribution in [0.1, 0.15) is 39.0 Å². The maximum absolute atomic E-state index is 11.5. The summed E-state index contributed by atoms with van der Waals surface area (Å²) in [5.74, 6) is 5.47. The average molecular weight is 137 g/mol. The maximum Gasteiger partial charge on any atom is 0.163 e. The highest BCUT2D eigenvalue weighted by molar-refractivity contribution is 5.12. The Kier molecular flexibility index (Phi) is 2.34. The molecule has 0 aromatic rings. The minimum absolute atomic E-state index is 0.758. The minimum Gasteiger partial charge on any atom is -0.215 e. The summed E-state index contributed by atoms with van der Waals surface area (Å²) in [7, 11) is 0. The third-order valence-corrected chi connectivity index (χ3v) is 2.01. The fourth-order valence-electron chi connectivity index (χ4n) is 1.48. The van der Waals surface area contributed by atoms with Crippen LogP contribution < -0.4 is 0 Å². The molecule has 1 nitrogen and oxygen atoms in total. The molecule has 1 rings (SSSR count). The summed E-state index contributed by atoms with van der Waals surface area (Å²) in [4.78, 5) is 0. The highest BCUT2D eigenvalue weighted by atomic mass is 16.3. The quantitative estimate of drug-likeness (QED) is 0.456. The molecule has 1 aliphatic carbocycles. The third-order valence-electron chi connectivity index (χ3n) is 2.01. The third kappa shape index (κ3) is 1.75. The van der Waals surface area contributed by atoms with Crippen molar-refractivity contribution in [2.75, 3.05) is 0 Å². The van der Waals surface area contributed by atoms with Crippen molar-refractivity contribution < 1.29 is 5.11 Å². The van der Waals surface area contributed by atoms with Gasteiger partial charge < -0.3 is 0 Å². The lowest BCUT2D eigenvalue weighted by atomic mass is 9.85. The Bertz CT molecular complexity index is 155. The lowest BCUT2D eigenvalue weighted by Gasteiger charge is -2.23. The van der Waals surface area contributed by atoms with E-state index in [2.05, 4.69) is 11.8 Å². The van der Waals surface area contributed by atoms with Crippen molar-refractivity contribution in [2.45, 2.75) is 44.6 Å². The van der Waals surface area contributed by atoms with Gasteiger partial charge in [0.15, 0.2) is 5.60 Å². The van der Waals surface area contributed by atoms with Crippen LogP contribution in [-0.4, -0.2) is 5.60 Å². The highest BCUT2D eigenvalue weighted by Gasteiger charge is 2.28. The molecule has 0 aromatic heterocycles. The first-order valence-electron chi connectivity index (χ1n) is 3.91. The van der Waals surface area contributed by atoms with Crippen LogP contribution in [0.4, 0.5) is 0 Å². The molecular formula is C9H13O. The fourth-order valence-corrected chi connectivity index (χ4v) is 1.48. The zero-order valence-corrected chi connectivity index (χ0v) is 6.44. The van der Waals surface area contributed by atoms with E-state index in [0.717, 1.165) is 25.7 Å². The minimum atomic E-state index is -0.882. The Labute approximate surface area is 62.4 Å². The van der Waals surface area contributed by atoms with E-state index in [9.17, 15) is 5.11 Å². The molecule has 0 unspecified atom stereocenters. The van der Waals surface area contributed by atoms with Crippen LogP contribution in [0.2, 0.25) is 0 Å². The molecule has 0 heterocycles. The second-order valence-corrected chi connectivity index (χ2v) is 2.93. The second-order valence-electron chi connectivity index (χ2n) is 2.93. The molecule has 1 fully saturated rings. The maximum atomic E-state index is 11.5. The molecule has 0 N–H and O–H groups in total. The highest BCUT2D eigenvalue weighted by Crippen LogP contribution is 2.27. The van der Waals surface area contributed by atoms with Crippen molar-refractivity contribution in [3.8, 4) is 11.8 Å². The largest absolute Gasteiger partial charge is 0.215 e. The van der Waals surface area contributed by atoms with E-state index in [1.165, 1.54) is 6.42 Å². The van der Waals surface area contributed by atoms with Crippen molar-refractivity contribution in [2.24, 2.45) is 0 Å². The number of rotatable bonds is 0. The van der Waals surface area contributed by atoms with Gasteiger partial charge in [0.2, 0.25) is 0 Å².